The summed E-state index contributed by atoms with van der Waals surface area (Å²) in [7, 11) is -3.52. The van der Waals surface area contributed by atoms with Gasteiger partial charge in [0.1, 0.15) is 10.8 Å². The molecule has 1 N–H and O–H groups in total. The van der Waals surface area contributed by atoms with E-state index in [9.17, 15) is 13.2 Å². The number of carbonyl (C=O) groups excluding carboxylic acids is 1. The number of anilines is 1. The molecule has 0 unspecified atom stereocenters. The van der Waals surface area contributed by atoms with E-state index < -0.39 is 10.0 Å². The number of Topliss-reactive ketones (excluding diaryl/α,β-unsaturated/α-hetero) is 1. The lowest BCUT2D eigenvalue weighted by molar-refractivity contribution is 0.101. The van der Waals surface area contributed by atoms with E-state index in [1.807, 2.05) is 0 Å². The Balaban J connectivity index is 2.50. The Morgan fingerprint density at radius 3 is 2.43 bits per heavy atom. The minimum atomic E-state index is -3.52. The molecule has 0 aliphatic carbocycles. The minimum Gasteiger partial charge on any atom is -0.454 e. The van der Waals surface area contributed by atoms with E-state index in [2.05, 4.69) is 4.72 Å². The second-order valence-corrected chi connectivity index (χ2v) is 7.33. The highest BCUT2D eigenvalue weighted by Gasteiger charge is 2.14. The number of carbonyl (C=O) groups is 1. The summed E-state index contributed by atoms with van der Waals surface area (Å²) in [4.78, 5) is 11.5. The highest BCUT2D eigenvalue weighted by atomic mass is 35.5. The second kappa shape index (κ2) is 6.78. The minimum absolute atomic E-state index is 0.146. The summed E-state index contributed by atoms with van der Waals surface area (Å²) in [6.45, 7) is 1.40. The van der Waals surface area contributed by atoms with Crippen molar-refractivity contribution in [2.24, 2.45) is 0 Å². The van der Waals surface area contributed by atoms with E-state index in [1.54, 1.807) is 18.2 Å². The molecule has 0 bridgehead atoms. The third kappa shape index (κ3) is 4.60. The molecule has 0 atom stereocenters. The van der Waals surface area contributed by atoms with E-state index in [-0.39, 0.29) is 28.0 Å². The van der Waals surface area contributed by atoms with Gasteiger partial charge in [-0.2, -0.15) is 0 Å². The normalized spacial score (nSPS) is 11.1. The fraction of sp³-hybridized carbons (Fsp3) is 0.133. The molecule has 0 aliphatic rings. The Morgan fingerprint density at radius 1 is 1.13 bits per heavy atom. The average Bonchev–Trinajstić information content (AvgIpc) is 2.44. The maximum Gasteiger partial charge on any atom is 0.229 e. The molecule has 0 amide bonds. The molecule has 0 saturated heterocycles. The van der Waals surface area contributed by atoms with Gasteiger partial charge in [0, 0.05) is 5.56 Å². The van der Waals surface area contributed by atoms with Gasteiger partial charge in [0.15, 0.2) is 11.5 Å². The van der Waals surface area contributed by atoms with E-state index >= 15 is 0 Å². The zero-order valence-corrected chi connectivity index (χ0v) is 14.6. The van der Waals surface area contributed by atoms with Crippen LogP contribution in [0.4, 0.5) is 5.69 Å². The van der Waals surface area contributed by atoms with E-state index in [0.717, 1.165) is 6.26 Å². The van der Waals surface area contributed by atoms with E-state index in [4.69, 9.17) is 27.9 Å². The van der Waals surface area contributed by atoms with Crippen LogP contribution in [0.3, 0.4) is 0 Å². The molecule has 8 heteroatoms. The van der Waals surface area contributed by atoms with Crippen molar-refractivity contribution in [3.63, 3.8) is 0 Å². The maximum absolute atomic E-state index is 11.5. The molecule has 0 aliphatic heterocycles. The molecule has 0 aromatic heterocycles. The highest BCUT2D eigenvalue weighted by molar-refractivity contribution is 7.92. The van der Waals surface area contributed by atoms with Crippen molar-refractivity contribution in [3.8, 4) is 11.5 Å². The van der Waals surface area contributed by atoms with Gasteiger partial charge in [0.05, 0.1) is 17.0 Å². The Hall–Kier alpha value is -1.76. The molecule has 0 saturated carbocycles. The Bertz CT molecular complexity index is 866. The summed E-state index contributed by atoms with van der Waals surface area (Å²) < 4.78 is 30.9. The zero-order chi connectivity index (χ0) is 17.2. The quantitative estimate of drug-likeness (QED) is 0.790. The van der Waals surface area contributed by atoms with Gasteiger partial charge in [-0.3, -0.25) is 9.52 Å². The summed E-state index contributed by atoms with van der Waals surface area (Å²) in [6.07, 6.45) is 1.02. The number of rotatable bonds is 5. The molecule has 0 heterocycles. The van der Waals surface area contributed by atoms with Crippen molar-refractivity contribution in [2.45, 2.75) is 6.92 Å². The topological polar surface area (TPSA) is 72.5 Å². The fourth-order valence-corrected chi connectivity index (χ4v) is 2.69. The van der Waals surface area contributed by atoms with Crippen molar-refractivity contribution < 1.29 is 17.9 Å². The monoisotopic (exact) mass is 373 g/mol. The van der Waals surface area contributed by atoms with Crippen LogP contribution in [0.1, 0.15) is 17.3 Å². The van der Waals surface area contributed by atoms with Gasteiger partial charge in [0.2, 0.25) is 10.0 Å². The lowest BCUT2D eigenvalue weighted by Crippen LogP contribution is -2.10. The number of benzene rings is 2. The summed E-state index contributed by atoms with van der Waals surface area (Å²) in [5.41, 5.74) is 0.561. The Kier molecular flexibility index (Phi) is 5.19. The predicted octanol–water partition coefficient (Wildman–Crippen LogP) is 4.36. The number of ketones is 1. The maximum atomic E-state index is 11.5. The summed E-state index contributed by atoms with van der Waals surface area (Å²) in [6, 6.07) is 9.21. The van der Waals surface area contributed by atoms with E-state index in [1.165, 1.54) is 25.1 Å². The van der Waals surface area contributed by atoms with Gasteiger partial charge < -0.3 is 4.74 Å². The molecular weight excluding hydrogens is 361 g/mol. The average molecular weight is 374 g/mol. The predicted molar refractivity (Wildman–Crippen MR) is 91.4 cm³/mol. The van der Waals surface area contributed by atoms with Crippen LogP contribution in [-0.4, -0.2) is 20.5 Å². The van der Waals surface area contributed by atoms with Crippen LogP contribution in [0, 0.1) is 0 Å². The van der Waals surface area contributed by atoms with Gasteiger partial charge in [0.25, 0.3) is 0 Å². The van der Waals surface area contributed by atoms with Crippen LogP contribution in [0.25, 0.3) is 0 Å². The second-order valence-electron chi connectivity index (χ2n) is 4.80. The van der Waals surface area contributed by atoms with E-state index in [0.29, 0.717) is 10.6 Å². The summed E-state index contributed by atoms with van der Waals surface area (Å²) >= 11 is 12.0. The van der Waals surface area contributed by atoms with Crippen molar-refractivity contribution in [1.29, 1.82) is 0 Å². The number of hydrogen-bond donors (Lipinski definition) is 1. The van der Waals surface area contributed by atoms with Gasteiger partial charge in [-0.1, -0.05) is 29.3 Å². The summed E-state index contributed by atoms with van der Waals surface area (Å²) in [5.74, 6) is 0.210. The van der Waals surface area contributed by atoms with Crippen LogP contribution in [-0.2, 0) is 10.0 Å². The summed E-state index contributed by atoms with van der Waals surface area (Å²) in [5, 5.41) is 0.484. The lowest BCUT2D eigenvalue weighted by atomic mass is 10.1. The third-order valence-electron chi connectivity index (χ3n) is 2.82. The molecule has 122 valence electrons. The fourth-order valence-electron chi connectivity index (χ4n) is 1.79. The molecule has 2 aromatic rings. The number of ether oxygens (including phenoxy) is 1. The number of halogens is 2. The smallest absolute Gasteiger partial charge is 0.229 e. The molecular formula is C15H13Cl2NO4S. The Morgan fingerprint density at radius 2 is 1.83 bits per heavy atom. The largest absolute Gasteiger partial charge is 0.454 e. The first-order valence-corrected chi connectivity index (χ1v) is 9.07. The molecule has 0 spiro atoms. The zero-order valence-electron chi connectivity index (χ0n) is 12.3. The van der Waals surface area contributed by atoms with Gasteiger partial charge >= 0.3 is 0 Å². The molecule has 23 heavy (non-hydrogen) atoms. The highest BCUT2D eigenvalue weighted by Crippen LogP contribution is 2.37. The standard InChI is InChI=1S/C15H13Cl2NO4S/c1-9(19)10-6-7-12(18-23(2,20)21)14(8-10)22-13-5-3-4-11(16)15(13)17/h3-8,18H,1-2H3. The van der Waals surface area contributed by atoms with Crippen LogP contribution < -0.4 is 9.46 Å². The number of hydrogen-bond acceptors (Lipinski definition) is 4. The molecule has 0 fully saturated rings. The van der Waals surface area contributed by atoms with Crippen molar-refractivity contribution in [2.75, 3.05) is 11.0 Å². The SMILES string of the molecule is CC(=O)c1ccc(NS(C)(=O)=O)c(Oc2cccc(Cl)c2Cl)c1. The van der Waals surface area contributed by atoms with Crippen LogP contribution in [0.5, 0.6) is 11.5 Å². The first-order chi connectivity index (χ1) is 10.7. The van der Waals surface area contributed by atoms with Crippen molar-refractivity contribution in [1.82, 2.24) is 0 Å². The van der Waals surface area contributed by atoms with Crippen molar-refractivity contribution >= 4 is 44.7 Å². The van der Waals surface area contributed by atoms with Crippen LogP contribution in [0.2, 0.25) is 10.0 Å². The lowest BCUT2D eigenvalue weighted by Gasteiger charge is -2.14. The number of sulfonamides is 1. The van der Waals surface area contributed by atoms with Gasteiger partial charge in [-0.05, 0) is 37.3 Å². The molecule has 0 radical (unpaired) electrons. The van der Waals surface area contributed by atoms with Gasteiger partial charge in [-0.25, -0.2) is 8.42 Å². The molecule has 5 nitrogen and oxygen atoms in total. The van der Waals surface area contributed by atoms with Crippen molar-refractivity contribution in [3.05, 3.63) is 52.0 Å². The van der Waals surface area contributed by atoms with Crippen LogP contribution >= 0.6 is 23.2 Å². The van der Waals surface area contributed by atoms with Gasteiger partial charge in [-0.15, -0.1) is 0 Å². The Labute approximate surface area is 144 Å². The molecule has 2 rings (SSSR count). The first-order valence-electron chi connectivity index (χ1n) is 6.42. The third-order valence-corrected chi connectivity index (χ3v) is 4.21. The molecule has 2 aromatic carbocycles. The van der Waals surface area contributed by atoms with Crippen LogP contribution in [0.15, 0.2) is 36.4 Å². The number of nitrogens with one attached hydrogen (secondary N) is 1. The first kappa shape index (κ1) is 17.6.